The Labute approximate surface area is 111 Å². The van der Waals surface area contributed by atoms with Gasteiger partial charge in [0.05, 0.1) is 21.9 Å². The van der Waals surface area contributed by atoms with E-state index in [1.807, 2.05) is 24.6 Å². The van der Waals surface area contributed by atoms with Crippen LogP contribution < -0.4 is 5.32 Å². The molecule has 0 aliphatic carbocycles. The first-order valence-electron chi connectivity index (χ1n) is 5.56. The van der Waals surface area contributed by atoms with Crippen LogP contribution in [-0.4, -0.2) is 11.5 Å². The van der Waals surface area contributed by atoms with Gasteiger partial charge in [0.15, 0.2) is 0 Å². The zero-order valence-corrected chi connectivity index (χ0v) is 11.5. The van der Waals surface area contributed by atoms with Gasteiger partial charge in [0.25, 0.3) is 0 Å². The van der Waals surface area contributed by atoms with E-state index >= 15 is 0 Å². The summed E-state index contributed by atoms with van der Waals surface area (Å²) in [6, 6.07) is 5.94. The van der Waals surface area contributed by atoms with Gasteiger partial charge in [-0.2, -0.15) is 0 Å². The fourth-order valence-corrected chi connectivity index (χ4v) is 2.79. The highest BCUT2D eigenvalue weighted by molar-refractivity contribution is 7.09. The molecular weight excluding hydrogens is 252 g/mol. The Morgan fingerprint density at radius 1 is 1.35 bits per heavy atom. The van der Waals surface area contributed by atoms with Crippen LogP contribution in [0.5, 0.6) is 0 Å². The number of hydrogen-bond acceptors (Lipinski definition) is 3. The van der Waals surface area contributed by atoms with E-state index in [-0.39, 0.29) is 0 Å². The lowest BCUT2D eigenvalue weighted by Gasteiger charge is -2.10. The van der Waals surface area contributed by atoms with Gasteiger partial charge in [-0.1, -0.05) is 23.7 Å². The van der Waals surface area contributed by atoms with E-state index in [0.717, 1.165) is 29.4 Å². The number of hydrogen-bond donors (Lipinski definition) is 1. The quantitative estimate of drug-likeness (QED) is 0.902. The third-order valence-corrected chi connectivity index (χ3v) is 4.03. The summed E-state index contributed by atoms with van der Waals surface area (Å²) in [7, 11) is 0. The molecule has 0 saturated carbocycles. The number of benzene rings is 1. The van der Waals surface area contributed by atoms with Crippen molar-refractivity contribution in [3.63, 3.8) is 0 Å². The summed E-state index contributed by atoms with van der Waals surface area (Å²) in [6.07, 6.45) is 0.987. The maximum absolute atomic E-state index is 6.15. The lowest BCUT2D eigenvalue weighted by atomic mass is 10.2. The van der Waals surface area contributed by atoms with Gasteiger partial charge in [-0.05, 0) is 25.5 Å². The molecule has 2 aromatic rings. The lowest BCUT2D eigenvalue weighted by Crippen LogP contribution is -2.06. The van der Waals surface area contributed by atoms with Crippen molar-refractivity contribution in [3.8, 4) is 0 Å². The number of nitrogens with one attached hydrogen (secondary N) is 1. The molecule has 0 radical (unpaired) electrons. The second-order valence-electron chi connectivity index (χ2n) is 3.97. The standard InChI is InChI=1S/C13H15ClN2S/c1-9-4-3-5-11(14)13(9)15-7-6-12-10(2)16-8-17-12/h3-5,8,15H,6-7H2,1-2H3. The SMILES string of the molecule is Cc1cccc(Cl)c1NCCc1scnc1C. The van der Waals surface area contributed by atoms with Gasteiger partial charge in [-0.15, -0.1) is 11.3 Å². The van der Waals surface area contributed by atoms with Crippen LogP contribution in [0.2, 0.25) is 5.02 Å². The van der Waals surface area contributed by atoms with Gasteiger partial charge in [0.1, 0.15) is 0 Å². The second-order valence-corrected chi connectivity index (χ2v) is 5.32. The molecule has 1 aromatic carbocycles. The number of rotatable bonds is 4. The Bertz CT molecular complexity index is 488. The molecule has 2 nitrogen and oxygen atoms in total. The van der Waals surface area contributed by atoms with Crippen molar-refractivity contribution in [1.82, 2.24) is 4.98 Å². The Morgan fingerprint density at radius 3 is 2.82 bits per heavy atom. The zero-order valence-electron chi connectivity index (χ0n) is 9.96. The molecule has 0 fully saturated rings. The minimum absolute atomic E-state index is 0.783. The van der Waals surface area contributed by atoms with Gasteiger partial charge in [0, 0.05) is 17.8 Å². The van der Waals surface area contributed by atoms with Crippen molar-refractivity contribution in [1.29, 1.82) is 0 Å². The highest BCUT2D eigenvalue weighted by Gasteiger charge is 2.04. The van der Waals surface area contributed by atoms with Gasteiger partial charge in [-0.3, -0.25) is 0 Å². The molecule has 0 atom stereocenters. The summed E-state index contributed by atoms with van der Waals surface area (Å²) in [6.45, 7) is 4.99. The van der Waals surface area contributed by atoms with Gasteiger partial charge in [0.2, 0.25) is 0 Å². The Kier molecular flexibility index (Phi) is 4.02. The van der Waals surface area contributed by atoms with Crippen molar-refractivity contribution in [2.24, 2.45) is 0 Å². The molecule has 0 aliphatic heterocycles. The molecule has 1 heterocycles. The fourth-order valence-electron chi connectivity index (χ4n) is 1.72. The van der Waals surface area contributed by atoms with E-state index in [4.69, 9.17) is 11.6 Å². The van der Waals surface area contributed by atoms with Crippen LogP contribution in [0, 0.1) is 13.8 Å². The van der Waals surface area contributed by atoms with E-state index in [2.05, 4.69) is 23.3 Å². The smallest absolute Gasteiger partial charge is 0.0797 e. The third-order valence-electron chi connectivity index (χ3n) is 2.72. The molecule has 1 aromatic heterocycles. The predicted molar refractivity (Wildman–Crippen MR) is 75.2 cm³/mol. The van der Waals surface area contributed by atoms with Gasteiger partial charge >= 0.3 is 0 Å². The molecule has 90 valence electrons. The summed E-state index contributed by atoms with van der Waals surface area (Å²) in [5.41, 5.74) is 5.24. The molecule has 0 amide bonds. The largest absolute Gasteiger partial charge is 0.383 e. The van der Waals surface area contributed by atoms with E-state index in [1.165, 1.54) is 10.4 Å². The van der Waals surface area contributed by atoms with Crippen LogP contribution >= 0.6 is 22.9 Å². The van der Waals surface area contributed by atoms with Crippen molar-refractivity contribution < 1.29 is 0 Å². The number of aromatic nitrogens is 1. The molecule has 4 heteroatoms. The molecule has 17 heavy (non-hydrogen) atoms. The van der Waals surface area contributed by atoms with Crippen LogP contribution in [0.1, 0.15) is 16.1 Å². The summed E-state index contributed by atoms with van der Waals surface area (Å²) in [4.78, 5) is 5.58. The molecule has 0 bridgehead atoms. The van der Waals surface area contributed by atoms with Crippen LogP contribution in [-0.2, 0) is 6.42 Å². The van der Waals surface area contributed by atoms with E-state index in [1.54, 1.807) is 11.3 Å². The highest BCUT2D eigenvalue weighted by atomic mass is 35.5. The van der Waals surface area contributed by atoms with Crippen LogP contribution in [0.3, 0.4) is 0 Å². The number of anilines is 1. The summed E-state index contributed by atoms with van der Waals surface area (Å²) in [5.74, 6) is 0. The highest BCUT2D eigenvalue weighted by Crippen LogP contribution is 2.25. The van der Waals surface area contributed by atoms with Crippen LogP contribution in [0.25, 0.3) is 0 Å². The van der Waals surface area contributed by atoms with E-state index in [0.29, 0.717) is 0 Å². The maximum atomic E-state index is 6.15. The minimum atomic E-state index is 0.783. The van der Waals surface area contributed by atoms with Crippen molar-refractivity contribution >= 4 is 28.6 Å². The molecule has 2 rings (SSSR count). The molecule has 1 N–H and O–H groups in total. The van der Waals surface area contributed by atoms with Gasteiger partial charge in [-0.25, -0.2) is 4.98 Å². The first-order valence-corrected chi connectivity index (χ1v) is 6.82. The molecule has 0 saturated heterocycles. The van der Waals surface area contributed by atoms with Gasteiger partial charge < -0.3 is 5.32 Å². The van der Waals surface area contributed by atoms with Crippen molar-refractivity contribution in [3.05, 3.63) is 44.9 Å². The molecular formula is C13H15ClN2S. The Balaban J connectivity index is 1.97. The molecule has 0 aliphatic rings. The minimum Gasteiger partial charge on any atom is -0.383 e. The van der Waals surface area contributed by atoms with E-state index in [9.17, 15) is 0 Å². The number of halogens is 1. The Morgan fingerprint density at radius 2 is 2.18 bits per heavy atom. The summed E-state index contributed by atoms with van der Waals surface area (Å²) >= 11 is 7.86. The molecule has 0 spiro atoms. The third kappa shape index (κ3) is 2.99. The topological polar surface area (TPSA) is 24.9 Å². The number of thiazole rings is 1. The summed E-state index contributed by atoms with van der Waals surface area (Å²) < 4.78 is 0. The first-order chi connectivity index (χ1) is 8.18. The predicted octanol–water partition coefficient (Wildman–Crippen LogP) is 4.07. The zero-order chi connectivity index (χ0) is 12.3. The molecule has 0 unspecified atom stereocenters. The Hall–Kier alpha value is -1.06. The lowest BCUT2D eigenvalue weighted by molar-refractivity contribution is 1.01. The normalized spacial score (nSPS) is 10.5. The van der Waals surface area contributed by atoms with Crippen LogP contribution in [0.4, 0.5) is 5.69 Å². The number of para-hydroxylation sites is 1. The fraction of sp³-hybridized carbons (Fsp3) is 0.308. The average Bonchev–Trinajstić information content (AvgIpc) is 2.69. The maximum Gasteiger partial charge on any atom is 0.0797 e. The second kappa shape index (κ2) is 5.52. The van der Waals surface area contributed by atoms with Crippen molar-refractivity contribution in [2.75, 3.05) is 11.9 Å². The number of aryl methyl sites for hydroxylation is 2. The first kappa shape index (κ1) is 12.4. The van der Waals surface area contributed by atoms with Crippen molar-refractivity contribution in [2.45, 2.75) is 20.3 Å². The van der Waals surface area contributed by atoms with Crippen LogP contribution in [0.15, 0.2) is 23.7 Å². The monoisotopic (exact) mass is 266 g/mol. The van der Waals surface area contributed by atoms with E-state index < -0.39 is 0 Å². The number of nitrogens with zero attached hydrogens (tertiary/aromatic N) is 1. The summed E-state index contributed by atoms with van der Waals surface area (Å²) in [5, 5.41) is 4.18. The average molecular weight is 267 g/mol.